The number of carbonyl (C=O) groups is 1. The number of aromatic nitrogens is 4. The summed E-state index contributed by atoms with van der Waals surface area (Å²) in [6, 6.07) is 11.0. The molecular formula is C18H18IN5O. The van der Waals surface area contributed by atoms with Gasteiger partial charge in [-0.05, 0) is 46.9 Å². The number of hydrogen-bond donors (Lipinski definition) is 1. The molecule has 1 amide bonds. The van der Waals surface area contributed by atoms with Gasteiger partial charge in [0.1, 0.15) is 5.82 Å². The van der Waals surface area contributed by atoms with Gasteiger partial charge < -0.3 is 5.32 Å². The number of nitrogens with one attached hydrogen (secondary N) is 1. The lowest BCUT2D eigenvalue weighted by molar-refractivity contribution is 0.102. The lowest BCUT2D eigenvalue weighted by atomic mass is 9.92. The minimum Gasteiger partial charge on any atom is -0.306 e. The highest BCUT2D eigenvalue weighted by Crippen LogP contribution is 2.25. The second-order valence-corrected chi connectivity index (χ2v) is 7.84. The van der Waals surface area contributed by atoms with Crippen LogP contribution in [0.3, 0.4) is 0 Å². The molecule has 6 nitrogen and oxygen atoms in total. The van der Waals surface area contributed by atoms with Crippen molar-refractivity contribution < 1.29 is 4.79 Å². The second kappa shape index (κ2) is 6.91. The van der Waals surface area contributed by atoms with Crippen LogP contribution in [0.1, 0.15) is 36.8 Å². The SMILES string of the molecule is CC(C)(C)c1cc(NC(=O)c2cccc(I)c2)n(-c2ncccn2)n1. The third-order valence-corrected chi connectivity index (χ3v) is 4.22. The summed E-state index contributed by atoms with van der Waals surface area (Å²) in [5.41, 5.74) is 1.27. The number of halogens is 1. The monoisotopic (exact) mass is 447 g/mol. The topological polar surface area (TPSA) is 72.7 Å². The van der Waals surface area contributed by atoms with Crippen molar-refractivity contribution >= 4 is 34.3 Å². The van der Waals surface area contributed by atoms with Crippen molar-refractivity contribution in [1.29, 1.82) is 0 Å². The van der Waals surface area contributed by atoms with Crippen LogP contribution in [0.4, 0.5) is 5.82 Å². The van der Waals surface area contributed by atoms with E-state index in [1.54, 1.807) is 29.2 Å². The largest absolute Gasteiger partial charge is 0.306 e. The van der Waals surface area contributed by atoms with E-state index in [1.165, 1.54) is 0 Å². The molecule has 0 atom stereocenters. The van der Waals surface area contributed by atoms with E-state index in [9.17, 15) is 4.79 Å². The van der Waals surface area contributed by atoms with Crippen LogP contribution in [0.2, 0.25) is 0 Å². The van der Waals surface area contributed by atoms with E-state index >= 15 is 0 Å². The molecule has 2 heterocycles. The summed E-state index contributed by atoms with van der Waals surface area (Å²) in [7, 11) is 0. The third kappa shape index (κ3) is 4.04. The zero-order valence-corrected chi connectivity index (χ0v) is 16.4. The highest BCUT2D eigenvalue weighted by Gasteiger charge is 2.22. The lowest BCUT2D eigenvalue weighted by Gasteiger charge is -2.13. The number of benzene rings is 1. The fraction of sp³-hybridized carbons (Fsp3) is 0.222. The van der Waals surface area contributed by atoms with Gasteiger partial charge in [-0.2, -0.15) is 9.78 Å². The van der Waals surface area contributed by atoms with Crippen molar-refractivity contribution in [3.63, 3.8) is 0 Å². The Labute approximate surface area is 159 Å². The lowest BCUT2D eigenvalue weighted by Crippen LogP contribution is -2.16. The van der Waals surface area contributed by atoms with Crippen LogP contribution in [0, 0.1) is 3.57 Å². The highest BCUT2D eigenvalue weighted by atomic mass is 127. The molecule has 0 radical (unpaired) electrons. The van der Waals surface area contributed by atoms with Crippen molar-refractivity contribution in [1.82, 2.24) is 19.7 Å². The van der Waals surface area contributed by atoms with Gasteiger partial charge in [0.2, 0.25) is 0 Å². The summed E-state index contributed by atoms with van der Waals surface area (Å²) in [6.07, 6.45) is 3.29. The van der Waals surface area contributed by atoms with Crippen molar-refractivity contribution in [2.24, 2.45) is 0 Å². The molecule has 1 N–H and O–H groups in total. The zero-order valence-electron chi connectivity index (χ0n) is 14.2. The summed E-state index contributed by atoms with van der Waals surface area (Å²) in [4.78, 5) is 21.1. The molecule has 25 heavy (non-hydrogen) atoms. The third-order valence-electron chi connectivity index (χ3n) is 3.55. The van der Waals surface area contributed by atoms with E-state index < -0.39 is 0 Å². The molecule has 0 aliphatic carbocycles. The Kier molecular flexibility index (Phi) is 4.85. The first kappa shape index (κ1) is 17.5. The fourth-order valence-electron chi connectivity index (χ4n) is 2.21. The molecule has 0 spiro atoms. The Morgan fingerprint density at radius 3 is 2.48 bits per heavy atom. The summed E-state index contributed by atoms with van der Waals surface area (Å²) in [6.45, 7) is 6.20. The van der Waals surface area contributed by atoms with Gasteiger partial charge >= 0.3 is 0 Å². The van der Waals surface area contributed by atoms with E-state index in [0.717, 1.165) is 9.26 Å². The second-order valence-electron chi connectivity index (χ2n) is 6.59. The van der Waals surface area contributed by atoms with Gasteiger partial charge in [-0.1, -0.05) is 26.8 Å². The van der Waals surface area contributed by atoms with E-state index in [2.05, 4.69) is 63.7 Å². The number of hydrogen-bond acceptors (Lipinski definition) is 4. The van der Waals surface area contributed by atoms with Crippen molar-refractivity contribution in [2.45, 2.75) is 26.2 Å². The van der Waals surface area contributed by atoms with E-state index in [4.69, 9.17) is 0 Å². The Hall–Kier alpha value is -2.29. The van der Waals surface area contributed by atoms with E-state index in [-0.39, 0.29) is 11.3 Å². The molecule has 128 valence electrons. The molecule has 0 saturated heterocycles. The summed E-state index contributed by atoms with van der Waals surface area (Å²) < 4.78 is 2.56. The molecule has 1 aromatic carbocycles. The quantitative estimate of drug-likeness (QED) is 0.620. The standard InChI is InChI=1S/C18H18IN5O/c1-18(2,3)14-11-15(24(23-14)17-20-8-5-9-21-17)22-16(25)12-6-4-7-13(19)10-12/h4-11H,1-3H3,(H,22,25). The minimum absolute atomic E-state index is 0.165. The molecule has 7 heteroatoms. The minimum atomic E-state index is -0.198. The van der Waals surface area contributed by atoms with Crippen LogP contribution in [0.15, 0.2) is 48.8 Å². The molecule has 3 aromatic rings. The van der Waals surface area contributed by atoms with Crippen molar-refractivity contribution in [3.05, 3.63) is 63.6 Å². The van der Waals surface area contributed by atoms with Crippen molar-refractivity contribution in [3.8, 4) is 5.95 Å². The smallest absolute Gasteiger partial charge is 0.256 e. The average Bonchev–Trinajstić information content (AvgIpc) is 3.00. The van der Waals surface area contributed by atoms with Crippen LogP contribution < -0.4 is 5.32 Å². The van der Waals surface area contributed by atoms with Gasteiger partial charge in [0, 0.05) is 33.0 Å². The number of anilines is 1. The molecule has 0 saturated carbocycles. The summed E-state index contributed by atoms with van der Waals surface area (Å²) in [5, 5.41) is 7.51. The Bertz CT molecular complexity index is 899. The number of rotatable bonds is 3. The molecular weight excluding hydrogens is 429 g/mol. The van der Waals surface area contributed by atoms with Gasteiger partial charge in [0.25, 0.3) is 11.9 Å². The summed E-state index contributed by atoms with van der Waals surface area (Å²) in [5.74, 6) is 0.756. The van der Waals surface area contributed by atoms with Gasteiger partial charge in [-0.25, -0.2) is 9.97 Å². The summed E-state index contributed by atoms with van der Waals surface area (Å²) >= 11 is 2.18. The Balaban J connectivity index is 2.00. The fourth-order valence-corrected chi connectivity index (χ4v) is 2.75. The Morgan fingerprint density at radius 2 is 1.84 bits per heavy atom. The van der Waals surface area contributed by atoms with Crippen LogP contribution in [0.5, 0.6) is 0 Å². The number of amides is 1. The maximum absolute atomic E-state index is 12.6. The normalized spacial score (nSPS) is 11.4. The first-order valence-electron chi connectivity index (χ1n) is 7.79. The van der Waals surface area contributed by atoms with Crippen LogP contribution in [-0.4, -0.2) is 25.7 Å². The maximum atomic E-state index is 12.6. The number of carbonyl (C=O) groups excluding carboxylic acids is 1. The average molecular weight is 447 g/mol. The van der Waals surface area contributed by atoms with Crippen LogP contribution >= 0.6 is 22.6 Å². The number of nitrogens with zero attached hydrogens (tertiary/aromatic N) is 4. The molecule has 0 aliphatic rings. The van der Waals surface area contributed by atoms with Gasteiger partial charge in [0.05, 0.1) is 5.69 Å². The predicted octanol–water partition coefficient (Wildman–Crippen LogP) is 3.82. The molecule has 2 aromatic heterocycles. The molecule has 0 fully saturated rings. The molecule has 3 rings (SSSR count). The molecule has 0 unspecified atom stereocenters. The van der Waals surface area contributed by atoms with Crippen LogP contribution in [0.25, 0.3) is 5.95 Å². The Morgan fingerprint density at radius 1 is 1.12 bits per heavy atom. The van der Waals surface area contributed by atoms with Gasteiger partial charge in [-0.15, -0.1) is 0 Å². The van der Waals surface area contributed by atoms with Crippen LogP contribution in [-0.2, 0) is 5.41 Å². The van der Waals surface area contributed by atoms with E-state index in [1.807, 2.05) is 24.3 Å². The molecule has 0 aliphatic heterocycles. The van der Waals surface area contributed by atoms with Gasteiger partial charge in [-0.3, -0.25) is 4.79 Å². The zero-order chi connectivity index (χ0) is 18.0. The maximum Gasteiger partial charge on any atom is 0.256 e. The molecule has 0 bridgehead atoms. The van der Waals surface area contributed by atoms with Crippen molar-refractivity contribution in [2.75, 3.05) is 5.32 Å². The van der Waals surface area contributed by atoms with E-state index in [0.29, 0.717) is 17.3 Å². The van der Waals surface area contributed by atoms with Gasteiger partial charge in [0.15, 0.2) is 0 Å². The first-order chi connectivity index (χ1) is 11.8. The predicted molar refractivity (Wildman–Crippen MR) is 105 cm³/mol. The highest BCUT2D eigenvalue weighted by molar-refractivity contribution is 14.1. The first-order valence-corrected chi connectivity index (χ1v) is 8.87.